The minimum absolute atomic E-state index is 0.218. The average Bonchev–Trinajstić information content (AvgIpc) is 2.94. The highest BCUT2D eigenvalue weighted by Gasteiger charge is 2.17. The summed E-state index contributed by atoms with van der Waals surface area (Å²) in [5.41, 5.74) is 8.58. The Kier molecular flexibility index (Phi) is 6.44. The summed E-state index contributed by atoms with van der Waals surface area (Å²) < 4.78 is 1.89. The molecule has 0 bridgehead atoms. The first-order valence-corrected chi connectivity index (χ1v) is 10.1. The van der Waals surface area contributed by atoms with Crippen LogP contribution in [-0.2, 0) is 6.54 Å². The number of carbonyl (C=O) groups is 1. The summed E-state index contributed by atoms with van der Waals surface area (Å²) in [6.45, 7) is 9.04. The van der Waals surface area contributed by atoms with Crippen LogP contribution >= 0.6 is 23.2 Å². The van der Waals surface area contributed by atoms with Crippen molar-refractivity contribution in [3.63, 3.8) is 0 Å². The molecule has 3 rings (SSSR count). The molecule has 8 nitrogen and oxygen atoms in total. The van der Waals surface area contributed by atoms with Crippen molar-refractivity contribution in [2.75, 3.05) is 10.7 Å². The van der Waals surface area contributed by atoms with E-state index >= 15 is 0 Å². The maximum absolute atomic E-state index is 12.4. The van der Waals surface area contributed by atoms with Gasteiger partial charge in [0.15, 0.2) is 5.65 Å². The molecule has 0 spiro atoms. The van der Waals surface area contributed by atoms with Crippen LogP contribution in [0.5, 0.6) is 0 Å². The van der Waals surface area contributed by atoms with Crippen LogP contribution in [0.2, 0.25) is 10.3 Å². The normalized spacial score (nSPS) is 11.1. The zero-order chi connectivity index (χ0) is 21.1. The van der Waals surface area contributed by atoms with Crippen molar-refractivity contribution < 1.29 is 4.79 Å². The topological polar surface area (TPSA) is 96.8 Å². The molecule has 0 aliphatic rings. The number of amides is 2. The summed E-state index contributed by atoms with van der Waals surface area (Å²) in [6, 6.07) is 4.49. The molecule has 0 radical (unpaired) electrons. The van der Waals surface area contributed by atoms with Crippen LogP contribution in [0.3, 0.4) is 0 Å². The molecule has 154 valence electrons. The molecule has 0 saturated carbocycles. The van der Waals surface area contributed by atoms with Crippen molar-refractivity contribution in [1.82, 2.24) is 25.2 Å². The molecule has 29 heavy (non-hydrogen) atoms. The lowest BCUT2D eigenvalue weighted by molar-refractivity contribution is 0.253. The Morgan fingerprint density at radius 1 is 1.17 bits per heavy atom. The fourth-order valence-electron chi connectivity index (χ4n) is 3.09. The van der Waals surface area contributed by atoms with Gasteiger partial charge in [0.05, 0.1) is 11.4 Å². The van der Waals surface area contributed by atoms with Gasteiger partial charge in [0, 0.05) is 24.1 Å². The van der Waals surface area contributed by atoms with Gasteiger partial charge in [-0.1, -0.05) is 44.0 Å². The number of pyridine rings is 2. The van der Waals surface area contributed by atoms with E-state index in [-0.39, 0.29) is 16.2 Å². The summed E-state index contributed by atoms with van der Waals surface area (Å²) in [7, 11) is 0. The first-order valence-electron chi connectivity index (χ1n) is 9.32. The van der Waals surface area contributed by atoms with Gasteiger partial charge in [-0.05, 0) is 30.9 Å². The van der Waals surface area contributed by atoms with Gasteiger partial charge in [-0.15, -0.1) is 0 Å². The summed E-state index contributed by atoms with van der Waals surface area (Å²) >= 11 is 11.7. The van der Waals surface area contributed by atoms with Crippen LogP contribution in [0.15, 0.2) is 18.2 Å². The maximum Gasteiger partial charge on any atom is 0.339 e. The van der Waals surface area contributed by atoms with Gasteiger partial charge < -0.3 is 0 Å². The van der Waals surface area contributed by atoms with E-state index in [1.165, 1.54) is 0 Å². The first kappa shape index (κ1) is 21.1. The number of aromatic nitrogens is 4. The number of fused-ring (bicyclic) bond motifs is 1. The number of rotatable bonds is 6. The number of nitrogens with zero attached hydrogens (tertiary/aromatic N) is 4. The van der Waals surface area contributed by atoms with Crippen LogP contribution in [0.25, 0.3) is 11.0 Å². The van der Waals surface area contributed by atoms with E-state index in [2.05, 4.69) is 52.0 Å². The third-order valence-electron chi connectivity index (χ3n) is 4.29. The minimum atomic E-state index is -0.478. The van der Waals surface area contributed by atoms with Crippen molar-refractivity contribution >= 4 is 51.8 Å². The number of hydrogen-bond donors (Lipinski definition) is 3. The van der Waals surface area contributed by atoms with Gasteiger partial charge in [0.2, 0.25) is 0 Å². The Morgan fingerprint density at radius 3 is 2.48 bits per heavy atom. The fourth-order valence-corrected chi connectivity index (χ4v) is 3.55. The van der Waals surface area contributed by atoms with Crippen LogP contribution in [0, 0.1) is 6.92 Å². The number of aryl methyl sites for hydroxylation is 2. The lowest BCUT2D eigenvalue weighted by Gasteiger charge is -2.13. The molecule has 3 aromatic heterocycles. The van der Waals surface area contributed by atoms with E-state index < -0.39 is 6.03 Å². The SMILES string of the molecule is CCCn1nc(C)c2c(C(C)C)cc(NC(=O)NNc3cc(Cl)nc(Cl)c3)nc21. The number of halogens is 2. The van der Waals surface area contributed by atoms with Gasteiger partial charge in [-0.25, -0.2) is 19.4 Å². The number of anilines is 2. The van der Waals surface area contributed by atoms with E-state index in [0.29, 0.717) is 11.5 Å². The minimum Gasteiger partial charge on any atom is -0.297 e. The summed E-state index contributed by atoms with van der Waals surface area (Å²) in [4.78, 5) is 20.8. The number of nitrogens with one attached hydrogen (secondary N) is 3. The predicted octanol–water partition coefficient (Wildman–Crippen LogP) is 5.12. The predicted molar refractivity (Wildman–Crippen MR) is 117 cm³/mol. The lowest BCUT2D eigenvalue weighted by atomic mass is 10.00. The van der Waals surface area contributed by atoms with Crippen molar-refractivity contribution in [2.24, 2.45) is 0 Å². The molecule has 3 heterocycles. The molecule has 0 aliphatic heterocycles. The van der Waals surface area contributed by atoms with Crippen molar-refractivity contribution in [2.45, 2.75) is 46.6 Å². The highest BCUT2D eigenvalue weighted by molar-refractivity contribution is 6.32. The molecule has 0 saturated heterocycles. The van der Waals surface area contributed by atoms with Gasteiger partial charge in [0.1, 0.15) is 16.1 Å². The monoisotopic (exact) mass is 435 g/mol. The van der Waals surface area contributed by atoms with E-state index in [1.807, 2.05) is 17.7 Å². The number of carbonyl (C=O) groups excluding carboxylic acids is 1. The highest BCUT2D eigenvalue weighted by Crippen LogP contribution is 2.29. The van der Waals surface area contributed by atoms with Crippen LogP contribution in [0.4, 0.5) is 16.3 Å². The van der Waals surface area contributed by atoms with Crippen LogP contribution < -0.4 is 16.2 Å². The summed E-state index contributed by atoms with van der Waals surface area (Å²) in [5, 5.41) is 8.86. The Morgan fingerprint density at radius 2 is 1.86 bits per heavy atom. The lowest BCUT2D eigenvalue weighted by Crippen LogP contribution is -2.34. The van der Waals surface area contributed by atoms with E-state index in [1.54, 1.807) is 12.1 Å². The molecule has 0 atom stereocenters. The second kappa shape index (κ2) is 8.84. The van der Waals surface area contributed by atoms with Gasteiger partial charge >= 0.3 is 6.03 Å². The molecule has 3 N–H and O–H groups in total. The quantitative estimate of drug-likeness (QED) is 0.368. The zero-order valence-electron chi connectivity index (χ0n) is 16.7. The Hall–Kier alpha value is -2.58. The van der Waals surface area contributed by atoms with Gasteiger partial charge in [-0.2, -0.15) is 5.10 Å². The third kappa shape index (κ3) is 4.89. The smallest absolute Gasteiger partial charge is 0.297 e. The van der Waals surface area contributed by atoms with Gasteiger partial charge in [-0.3, -0.25) is 16.2 Å². The highest BCUT2D eigenvalue weighted by atomic mass is 35.5. The summed E-state index contributed by atoms with van der Waals surface area (Å²) in [5.74, 6) is 0.699. The Balaban J connectivity index is 1.83. The van der Waals surface area contributed by atoms with E-state index in [0.717, 1.165) is 35.3 Å². The fraction of sp³-hybridized carbons (Fsp3) is 0.368. The van der Waals surface area contributed by atoms with E-state index in [9.17, 15) is 4.79 Å². The molecule has 3 aromatic rings. The number of hydrazine groups is 1. The van der Waals surface area contributed by atoms with E-state index in [4.69, 9.17) is 23.2 Å². The average molecular weight is 436 g/mol. The molecule has 0 unspecified atom stereocenters. The molecule has 10 heteroatoms. The van der Waals surface area contributed by atoms with Crippen LogP contribution in [0.1, 0.15) is 44.4 Å². The largest absolute Gasteiger partial charge is 0.339 e. The molecule has 2 amide bonds. The second-order valence-electron chi connectivity index (χ2n) is 6.96. The van der Waals surface area contributed by atoms with Crippen molar-refractivity contribution in [3.05, 3.63) is 39.8 Å². The van der Waals surface area contributed by atoms with Crippen molar-refractivity contribution in [3.8, 4) is 0 Å². The molecule has 0 aromatic carbocycles. The Labute approximate surface area is 179 Å². The third-order valence-corrected chi connectivity index (χ3v) is 4.68. The zero-order valence-corrected chi connectivity index (χ0v) is 18.2. The Bertz CT molecular complexity index is 1030. The molecular weight excluding hydrogens is 413 g/mol. The maximum atomic E-state index is 12.4. The summed E-state index contributed by atoms with van der Waals surface area (Å²) in [6.07, 6.45) is 0.939. The molecular formula is C19H23Cl2N7O. The van der Waals surface area contributed by atoms with Crippen molar-refractivity contribution in [1.29, 1.82) is 0 Å². The number of urea groups is 1. The van der Waals surface area contributed by atoms with Gasteiger partial charge in [0.25, 0.3) is 0 Å². The molecule has 0 fully saturated rings. The van der Waals surface area contributed by atoms with Crippen LogP contribution in [-0.4, -0.2) is 25.8 Å². The second-order valence-corrected chi connectivity index (χ2v) is 7.74. The number of hydrogen-bond acceptors (Lipinski definition) is 5. The first-order chi connectivity index (χ1) is 13.8. The standard InChI is InChI=1S/C19H23Cl2N7O/c1-5-6-28-18-17(11(4)27-28)13(10(2)3)9-16(23-18)24-19(29)26-25-12-7-14(20)22-15(21)8-12/h7-10H,5-6H2,1-4H3,(H,22,25)(H2,23,24,26,29). The molecule has 0 aliphatic carbocycles.